The van der Waals surface area contributed by atoms with Gasteiger partial charge in [0.15, 0.2) is 0 Å². The normalized spacial score (nSPS) is 17.0. The van der Waals surface area contributed by atoms with Crippen LogP contribution in [0.5, 0.6) is 0 Å². The molecule has 4 nitrogen and oxygen atoms in total. The fourth-order valence-electron chi connectivity index (χ4n) is 7.69. The Bertz CT molecular complexity index is 2130. The number of imide groups is 1. The summed E-state index contributed by atoms with van der Waals surface area (Å²) in [5.74, 6) is -0.622. The van der Waals surface area contributed by atoms with Gasteiger partial charge in [-0.3, -0.25) is 9.59 Å². The van der Waals surface area contributed by atoms with Gasteiger partial charge in [0, 0.05) is 11.1 Å². The maximum atomic E-state index is 14.3. The maximum absolute atomic E-state index is 14.3. The van der Waals surface area contributed by atoms with E-state index in [2.05, 4.69) is 104 Å². The number of nitrogens with two attached hydrogens (primary N) is 1. The molecule has 0 radical (unpaired) electrons. The Morgan fingerprint density at radius 2 is 1.15 bits per heavy atom. The van der Waals surface area contributed by atoms with Crippen LogP contribution in [-0.4, -0.2) is 11.8 Å². The minimum Gasteiger partial charge on any atom is -0.399 e. The minimum atomic E-state index is -2.44. The average Bonchev–Trinajstić information content (AvgIpc) is 3.54. The Labute approximate surface area is 281 Å². The number of fused-ring (bicyclic) bond motifs is 2. The summed E-state index contributed by atoms with van der Waals surface area (Å²) in [6.07, 6.45) is 0.741. The fourth-order valence-corrected chi connectivity index (χ4v) is 12.0. The molecule has 6 aromatic carbocycles. The first kappa shape index (κ1) is 29.8. The van der Waals surface area contributed by atoms with Gasteiger partial charge in [-0.15, -0.1) is 0 Å². The summed E-state index contributed by atoms with van der Waals surface area (Å²) >= 11 is 0. The zero-order valence-corrected chi connectivity index (χ0v) is 27.5. The molecule has 1 aliphatic heterocycles. The lowest BCUT2D eigenvalue weighted by Gasteiger charge is -2.27. The molecule has 2 N–H and O–H groups in total. The third-order valence-electron chi connectivity index (χ3n) is 10.0. The number of allylic oxidation sites excluding steroid dienone is 1. The van der Waals surface area contributed by atoms with Crippen molar-refractivity contribution in [2.75, 3.05) is 10.6 Å². The molecule has 0 bridgehead atoms. The van der Waals surface area contributed by atoms with E-state index in [9.17, 15) is 9.59 Å². The van der Waals surface area contributed by atoms with Gasteiger partial charge in [-0.05, 0) is 108 Å². The van der Waals surface area contributed by atoms with Gasteiger partial charge < -0.3 is 5.73 Å². The summed E-state index contributed by atoms with van der Waals surface area (Å²) in [5, 5.41) is 4.56. The Hall–Kier alpha value is -5.57. The largest absolute Gasteiger partial charge is 0.399 e. The van der Waals surface area contributed by atoms with Crippen LogP contribution < -0.4 is 31.9 Å². The SMILES string of the molecule is C=C1CC(C)(c2ccc(N)cc2)c2ccc(N3C(=O)c4ccc([P+](c5ccccc5)(c5ccccc5)c5ccccc5)cc4C3=O)cc21. The first-order chi connectivity index (χ1) is 23.3. The van der Waals surface area contributed by atoms with Gasteiger partial charge in [0.25, 0.3) is 11.8 Å². The van der Waals surface area contributed by atoms with Crippen LogP contribution >= 0.6 is 7.26 Å². The Morgan fingerprint density at radius 3 is 1.71 bits per heavy atom. The number of hydrogen-bond acceptors (Lipinski definition) is 3. The van der Waals surface area contributed by atoms with Crippen molar-refractivity contribution in [2.45, 2.75) is 18.8 Å². The van der Waals surface area contributed by atoms with Crippen LogP contribution in [0.25, 0.3) is 5.57 Å². The van der Waals surface area contributed by atoms with E-state index in [1.807, 2.05) is 60.7 Å². The molecule has 8 rings (SSSR count). The van der Waals surface area contributed by atoms with E-state index in [-0.39, 0.29) is 17.2 Å². The highest BCUT2D eigenvalue weighted by atomic mass is 31.2. The lowest BCUT2D eigenvalue weighted by molar-refractivity contribution is 0.0926. The molecule has 2 aliphatic rings. The molecule has 0 saturated heterocycles. The summed E-state index contributed by atoms with van der Waals surface area (Å²) in [4.78, 5) is 29.7. The number of nitrogen functional groups attached to an aromatic ring is 1. The van der Waals surface area contributed by atoms with E-state index in [4.69, 9.17) is 5.73 Å². The molecule has 232 valence electrons. The van der Waals surface area contributed by atoms with Gasteiger partial charge in [0.05, 0.1) is 16.8 Å². The van der Waals surface area contributed by atoms with Gasteiger partial charge in [0.1, 0.15) is 28.5 Å². The Balaban J connectivity index is 1.24. The molecular formula is C43H34N2O2P+. The standard InChI is InChI=1S/C43H34N2O2P/c1-29-28-43(2,30-18-20-31(44)21-19-30)40-25-22-32(26-38(29)40)45-41(46)37-24-23-36(27-39(37)42(45)47)48(33-12-6-3-7-13-33,34-14-8-4-9-15-34)35-16-10-5-11-17-35/h3-27H,1,28,44H2,2H3/q+1. The number of nitrogens with zero attached hydrogens (tertiary/aromatic N) is 1. The average molecular weight is 642 g/mol. The van der Waals surface area contributed by atoms with Gasteiger partial charge >= 0.3 is 0 Å². The van der Waals surface area contributed by atoms with E-state index in [1.54, 1.807) is 0 Å². The van der Waals surface area contributed by atoms with Gasteiger partial charge in [-0.1, -0.05) is 86.3 Å². The maximum Gasteiger partial charge on any atom is 0.266 e. The number of carbonyl (C=O) groups is 2. The number of amides is 2. The second kappa shape index (κ2) is 11.3. The predicted octanol–water partition coefficient (Wildman–Crippen LogP) is 7.41. The number of hydrogen-bond donors (Lipinski definition) is 1. The molecule has 0 saturated carbocycles. The van der Waals surface area contributed by atoms with Crippen LogP contribution in [-0.2, 0) is 5.41 Å². The van der Waals surface area contributed by atoms with Crippen molar-refractivity contribution < 1.29 is 9.59 Å². The van der Waals surface area contributed by atoms with E-state index in [0.29, 0.717) is 16.8 Å². The van der Waals surface area contributed by atoms with Crippen molar-refractivity contribution in [1.82, 2.24) is 0 Å². The highest BCUT2D eigenvalue weighted by molar-refractivity contribution is 8.01. The van der Waals surface area contributed by atoms with Gasteiger partial charge in [-0.25, -0.2) is 4.90 Å². The summed E-state index contributed by atoms with van der Waals surface area (Å²) in [6, 6.07) is 51.3. The van der Waals surface area contributed by atoms with Crippen LogP contribution in [0.3, 0.4) is 0 Å². The molecule has 1 atom stereocenters. The first-order valence-corrected chi connectivity index (χ1v) is 17.9. The van der Waals surface area contributed by atoms with Crippen molar-refractivity contribution in [2.24, 2.45) is 0 Å². The molecule has 48 heavy (non-hydrogen) atoms. The smallest absolute Gasteiger partial charge is 0.266 e. The lowest BCUT2D eigenvalue weighted by Crippen LogP contribution is -2.38. The summed E-state index contributed by atoms with van der Waals surface area (Å²) in [5.41, 5.74) is 12.1. The summed E-state index contributed by atoms with van der Waals surface area (Å²) in [6.45, 7) is 6.60. The van der Waals surface area contributed by atoms with Crippen LogP contribution in [0.2, 0.25) is 0 Å². The molecule has 6 aromatic rings. The number of rotatable bonds is 6. The summed E-state index contributed by atoms with van der Waals surface area (Å²) in [7, 11) is -2.44. The molecule has 0 spiro atoms. The topological polar surface area (TPSA) is 63.4 Å². The van der Waals surface area contributed by atoms with Crippen LogP contribution in [0.1, 0.15) is 50.8 Å². The molecule has 0 aromatic heterocycles. The zero-order valence-electron chi connectivity index (χ0n) is 26.6. The molecule has 1 heterocycles. The second-order valence-electron chi connectivity index (χ2n) is 12.8. The van der Waals surface area contributed by atoms with Crippen molar-refractivity contribution in [3.63, 3.8) is 0 Å². The fraction of sp³-hybridized carbons (Fsp3) is 0.0698. The molecule has 1 unspecified atom stereocenters. The Morgan fingerprint density at radius 1 is 0.604 bits per heavy atom. The third-order valence-corrected chi connectivity index (χ3v) is 14.3. The van der Waals surface area contributed by atoms with E-state index >= 15 is 0 Å². The Kier molecular flexibility index (Phi) is 7.01. The van der Waals surface area contributed by atoms with Gasteiger partial charge in [0.2, 0.25) is 0 Å². The molecule has 0 fully saturated rings. The first-order valence-electron chi connectivity index (χ1n) is 16.1. The van der Waals surface area contributed by atoms with E-state index < -0.39 is 7.26 Å². The lowest BCUT2D eigenvalue weighted by atomic mass is 9.77. The van der Waals surface area contributed by atoms with Crippen molar-refractivity contribution in [1.29, 1.82) is 0 Å². The van der Waals surface area contributed by atoms with Gasteiger partial charge in [-0.2, -0.15) is 0 Å². The monoisotopic (exact) mass is 641 g/mol. The molecular weight excluding hydrogens is 607 g/mol. The summed E-state index contributed by atoms with van der Waals surface area (Å²) < 4.78 is 0. The van der Waals surface area contributed by atoms with Crippen molar-refractivity contribution >= 4 is 57.2 Å². The molecule has 5 heteroatoms. The van der Waals surface area contributed by atoms with Crippen molar-refractivity contribution in [3.05, 3.63) is 186 Å². The number of benzene rings is 6. The highest BCUT2D eigenvalue weighted by Crippen LogP contribution is 2.55. The van der Waals surface area contributed by atoms with E-state index in [0.717, 1.165) is 39.7 Å². The predicted molar refractivity (Wildman–Crippen MR) is 200 cm³/mol. The quantitative estimate of drug-likeness (QED) is 0.117. The van der Waals surface area contributed by atoms with Crippen molar-refractivity contribution in [3.8, 4) is 0 Å². The number of anilines is 2. The molecule has 1 aliphatic carbocycles. The zero-order chi connectivity index (χ0) is 33.0. The van der Waals surface area contributed by atoms with Crippen LogP contribution in [0.4, 0.5) is 11.4 Å². The number of carbonyl (C=O) groups excluding carboxylic acids is 2. The molecule has 2 amide bonds. The van der Waals surface area contributed by atoms with E-state index in [1.165, 1.54) is 20.8 Å². The minimum absolute atomic E-state index is 0.283. The van der Waals surface area contributed by atoms with Crippen LogP contribution in [0, 0.1) is 0 Å². The third kappa shape index (κ3) is 4.41. The van der Waals surface area contributed by atoms with Crippen LogP contribution in [0.15, 0.2) is 158 Å². The second-order valence-corrected chi connectivity index (χ2v) is 16.2. The highest BCUT2D eigenvalue weighted by Gasteiger charge is 2.49.